The summed E-state index contributed by atoms with van der Waals surface area (Å²) in [6, 6.07) is 17.5. The van der Waals surface area contributed by atoms with E-state index < -0.39 is 0 Å². The Morgan fingerprint density at radius 3 is 2.48 bits per heavy atom. The Morgan fingerprint density at radius 1 is 0.952 bits per heavy atom. The minimum Gasteiger partial charge on any atom is -0.0788 e. The molecule has 0 aliphatic heterocycles. The van der Waals surface area contributed by atoms with Crippen molar-refractivity contribution in [3.63, 3.8) is 0 Å². The van der Waals surface area contributed by atoms with Gasteiger partial charge in [0.25, 0.3) is 0 Å². The normalized spacial score (nSPS) is 20.2. The van der Waals surface area contributed by atoms with Crippen LogP contribution in [-0.4, -0.2) is 9.52 Å². The second kappa shape index (κ2) is 5.65. The lowest BCUT2D eigenvalue weighted by Gasteiger charge is -2.14. The molecule has 1 unspecified atom stereocenters. The molecule has 1 aliphatic rings. The monoisotopic (exact) mass is 290 g/mol. The van der Waals surface area contributed by atoms with Crippen molar-refractivity contribution in [1.82, 2.24) is 0 Å². The first-order chi connectivity index (χ1) is 10.1. The third kappa shape index (κ3) is 3.19. The van der Waals surface area contributed by atoms with Crippen LogP contribution >= 0.6 is 0 Å². The standard InChI is InChI=1S/C20H22Si/c1-15-8-7-11-18(16(15)2)21-19-14-20(19,3)13-12-17-9-5-4-6-10-17/h4-11,14H,12-13H2,1-3H3. The predicted molar refractivity (Wildman–Crippen MR) is 92.3 cm³/mol. The fourth-order valence-electron chi connectivity index (χ4n) is 2.75. The summed E-state index contributed by atoms with van der Waals surface area (Å²) >= 11 is 0. The average Bonchev–Trinajstić information content (AvgIpc) is 3.13. The molecule has 0 N–H and O–H groups in total. The van der Waals surface area contributed by atoms with E-state index in [0.29, 0.717) is 5.41 Å². The molecule has 2 radical (unpaired) electrons. The fourth-order valence-corrected chi connectivity index (χ4v) is 4.40. The summed E-state index contributed by atoms with van der Waals surface area (Å²) in [6.07, 6.45) is 4.90. The Hall–Kier alpha value is -1.60. The van der Waals surface area contributed by atoms with Gasteiger partial charge in [-0.1, -0.05) is 71.9 Å². The lowest BCUT2D eigenvalue weighted by Crippen LogP contribution is -2.20. The highest BCUT2D eigenvalue weighted by molar-refractivity contribution is 6.63. The Balaban J connectivity index is 1.60. The molecule has 21 heavy (non-hydrogen) atoms. The van der Waals surface area contributed by atoms with Gasteiger partial charge in [0.2, 0.25) is 0 Å². The van der Waals surface area contributed by atoms with Crippen molar-refractivity contribution in [2.24, 2.45) is 5.41 Å². The lowest BCUT2D eigenvalue weighted by atomic mass is 9.97. The number of hydrogen-bond acceptors (Lipinski definition) is 0. The number of aryl methyl sites for hydroxylation is 2. The van der Waals surface area contributed by atoms with E-state index in [1.54, 1.807) is 5.20 Å². The molecular formula is C20H22Si. The van der Waals surface area contributed by atoms with E-state index in [1.165, 1.54) is 34.7 Å². The molecular weight excluding hydrogens is 268 g/mol. The van der Waals surface area contributed by atoms with E-state index in [4.69, 9.17) is 0 Å². The van der Waals surface area contributed by atoms with Crippen molar-refractivity contribution in [1.29, 1.82) is 0 Å². The molecule has 0 heterocycles. The van der Waals surface area contributed by atoms with Gasteiger partial charge in [0.05, 0.1) is 0 Å². The number of allylic oxidation sites excluding steroid dienone is 2. The lowest BCUT2D eigenvalue weighted by molar-refractivity contribution is 0.568. The van der Waals surface area contributed by atoms with Crippen molar-refractivity contribution in [3.05, 3.63) is 76.5 Å². The van der Waals surface area contributed by atoms with E-state index >= 15 is 0 Å². The van der Waals surface area contributed by atoms with Gasteiger partial charge in [0.15, 0.2) is 0 Å². The molecule has 0 bridgehead atoms. The smallest absolute Gasteiger partial charge is 0.0788 e. The Kier molecular flexibility index (Phi) is 3.86. The average molecular weight is 290 g/mol. The van der Waals surface area contributed by atoms with Crippen LogP contribution in [0.25, 0.3) is 0 Å². The van der Waals surface area contributed by atoms with E-state index in [-0.39, 0.29) is 0 Å². The molecule has 3 rings (SSSR count). The fraction of sp³-hybridized carbons (Fsp3) is 0.300. The summed E-state index contributed by atoms with van der Waals surface area (Å²) in [6.45, 7) is 6.85. The van der Waals surface area contributed by atoms with Crippen molar-refractivity contribution in [2.45, 2.75) is 33.6 Å². The molecule has 0 saturated heterocycles. The molecule has 0 aromatic heterocycles. The van der Waals surface area contributed by atoms with Crippen molar-refractivity contribution in [2.75, 3.05) is 0 Å². The molecule has 0 fully saturated rings. The van der Waals surface area contributed by atoms with Crippen LogP contribution in [0.1, 0.15) is 30.0 Å². The van der Waals surface area contributed by atoms with Crippen LogP contribution < -0.4 is 5.19 Å². The Morgan fingerprint density at radius 2 is 1.71 bits per heavy atom. The Bertz CT molecular complexity index is 669. The summed E-state index contributed by atoms with van der Waals surface area (Å²) in [4.78, 5) is 0. The SMILES string of the molecule is Cc1cccc([Si]C2=CC2(C)CCc2ccccc2)c1C. The molecule has 1 atom stereocenters. The molecule has 2 aromatic carbocycles. The molecule has 1 aliphatic carbocycles. The highest BCUT2D eigenvalue weighted by atomic mass is 28.2. The quantitative estimate of drug-likeness (QED) is 0.725. The van der Waals surface area contributed by atoms with Crippen LogP contribution in [0.2, 0.25) is 0 Å². The largest absolute Gasteiger partial charge is 0.116 e. The minimum absolute atomic E-state index is 0.366. The second-order valence-electron chi connectivity index (χ2n) is 6.33. The van der Waals surface area contributed by atoms with Gasteiger partial charge in [-0.25, -0.2) is 0 Å². The van der Waals surface area contributed by atoms with Crippen LogP contribution in [0, 0.1) is 19.3 Å². The second-order valence-corrected chi connectivity index (χ2v) is 7.66. The third-order valence-electron chi connectivity index (χ3n) is 4.64. The number of hydrogen-bond donors (Lipinski definition) is 0. The van der Waals surface area contributed by atoms with Crippen molar-refractivity contribution >= 4 is 14.7 Å². The number of benzene rings is 2. The van der Waals surface area contributed by atoms with Gasteiger partial charge in [-0.3, -0.25) is 0 Å². The van der Waals surface area contributed by atoms with Gasteiger partial charge >= 0.3 is 0 Å². The summed E-state index contributed by atoms with van der Waals surface area (Å²) in [5, 5.41) is 3.16. The van der Waals surface area contributed by atoms with Crippen LogP contribution in [0.3, 0.4) is 0 Å². The maximum absolute atomic E-state index is 2.48. The van der Waals surface area contributed by atoms with Gasteiger partial charge in [0.1, 0.15) is 9.52 Å². The van der Waals surface area contributed by atoms with E-state index in [0.717, 1.165) is 9.52 Å². The first-order valence-corrected chi connectivity index (χ1v) is 8.69. The highest BCUT2D eigenvalue weighted by Crippen LogP contribution is 2.46. The zero-order valence-corrected chi connectivity index (χ0v) is 14.1. The van der Waals surface area contributed by atoms with E-state index in [1.807, 2.05) is 0 Å². The first-order valence-electron chi connectivity index (χ1n) is 7.69. The molecule has 0 spiro atoms. The molecule has 0 amide bonds. The molecule has 2 aromatic rings. The maximum Gasteiger partial charge on any atom is 0.116 e. The minimum atomic E-state index is 0.366. The number of rotatable bonds is 5. The van der Waals surface area contributed by atoms with Gasteiger partial charge in [-0.15, -0.1) is 0 Å². The van der Waals surface area contributed by atoms with E-state index in [9.17, 15) is 0 Å². The Labute approximate surface area is 130 Å². The molecule has 1 heteroatoms. The van der Waals surface area contributed by atoms with Gasteiger partial charge in [0, 0.05) is 5.41 Å². The predicted octanol–water partition coefficient (Wildman–Crippen LogP) is 4.17. The maximum atomic E-state index is 2.48. The highest BCUT2D eigenvalue weighted by Gasteiger charge is 2.38. The first kappa shape index (κ1) is 14.3. The van der Waals surface area contributed by atoms with Crippen LogP contribution in [0.15, 0.2) is 59.8 Å². The zero-order chi connectivity index (χ0) is 14.9. The van der Waals surface area contributed by atoms with Crippen molar-refractivity contribution < 1.29 is 0 Å². The summed E-state index contributed by atoms with van der Waals surface area (Å²) in [5.41, 5.74) is 4.69. The summed E-state index contributed by atoms with van der Waals surface area (Å²) in [5.74, 6) is 0. The molecule has 106 valence electrons. The molecule has 0 saturated carbocycles. The summed E-state index contributed by atoms with van der Waals surface area (Å²) in [7, 11) is 0.847. The molecule has 0 nitrogen and oxygen atoms in total. The van der Waals surface area contributed by atoms with Gasteiger partial charge in [-0.2, -0.15) is 0 Å². The van der Waals surface area contributed by atoms with Crippen LogP contribution in [0.4, 0.5) is 0 Å². The summed E-state index contributed by atoms with van der Waals surface area (Å²) < 4.78 is 0. The van der Waals surface area contributed by atoms with Gasteiger partial charge in [-0.05, 0) is 43.4 Å². The van der Waals surface area contributed by atoms with Crippen molar-refractivity contribution in [3.8, 4) is 0 Å². The van der Waals surface area contributed by atoms with Gasteiger partial charge < -0.3 is 0 Å². The zero-order valence-electron chi connectivity index (χ0n) is 13.1. The van der Waals surface area contributed by atoms with Crippen LogP contribution in [0.5, 0.6) is 0 Å². The van der Waals surface area contributed by atoms with Crippen LogP contribution in [-0.2, 0) is 6.42 Å². The third-order valence-corrected chi connectivity index (χ3v) is 6.44. The topological polar surface area (TPSA) is 0 Å². The van der Waals surface area contributed by atoms with E-state index in [2.05, 4.69) is 75.4 Å².